The Balaban J connectivity index is 1.65. The maximum atomic E-state index is 12.4. The molecule has 1 saturated heterocycles. The molecule has 3 aromatic rings. The van der Waals surface area contributed by atoms with Gasteiger partial charge < -0.3 is 10.1 Å². The Morgan fingerprint density at radius 3 is 2.88 bits per heavy atom. The van der Waals surface area contributed by atoms with E-state index in [1.54, 1.807) is 41.6 Å². The van der Waals surface area contributed by atoms with Crippen molar-refractivity contribution in [3.63, 3.8) is 0 Å². The normalized spacial score (nSPS) is 19.9. The van der Waals surface area contributed by atoms with Crippen molar-refractivity contribution in [3.8, 4) is 5.82 Å². The van der Waals surface area contributed by atoms with E-state index in [0.29, 0.717) is 24.8 Å². The molecule has 0 aromatic carbocycles. The molecule has 0 amide bonds. The molecule has 1 N–H and O–H groups in total. The van der Waals surface area contributed by atoms with Gasteiger partial charge in [-0.3, -0.25) is 9.78 Å². The van der Waals surface area contributed by atoms with Gasteiger partial charge in [0.2, 0.25) is 0 Å². The molecule has 3 aromatic heterocycles. The molecule has 1 aliphatic rings. The van der Waals surface area contributed by atoms with Crippen LogP contribution in [0.5, 0.6) is 0 Å². The zero-order chi connectivity index (χ0) is 17.2. The van der Waals surface area contributed by atoms with Crippen LogP contribution >= 0.6 is 0 Å². The SMILES string of the molecule is Cc1nccnc1NC1COCC1n1nc(-n2cccn2)ccc1=O. The van der Waals surface area contributed by atoms with Gasteiger partial charge in [-0.05, 0) is 19.1 Å². The third kappa shape index (κ3) is 3.01. The van der Waals surface area contributed by atoms with Crippen molar-refractivity contribution in [2.24, 2.45) is 0 Å². The van der Waals surface area contributed by atoms with Gasteiger partial charge in [-0.25, -0.2) is 14.3 Å². The smallest absolute Gasteiger partial charge is 0.267 e. The third-order valence-corrected chi connectivity index (χ3v) is 4.12. The Labute approximate surface area is 143 Å². The van der Waals surface area contributed by atoms with Crippen molar-refractivity contribution < 1.29 is 4.74 Å². The van der Waals surface area contributed by atoms with Crippen LogP contribution in [0.2, 0.25) is 0 Å². The van der Waals surface area contributed by atoms with Crippen LogP contribution in [0.3, 0.4) is 0 Å². The van der Waals surface area contributed by atoms with Gasteiger partial charge >= 0.3 is 0 Å². The van der Waals surface area contributed by atoms with E-state index < -0.39 is 0 Å². The molecule has 2 atom stereocenters. The predicted octanol–water partition coefficient (Wildman–Crippen LogP) is 0.579. The summed E-state index contributed by atoms with van der Waals surface area (Å²) in [7, 11) is 0. The lowest BCUT2D eigenvalue weighted by atomic mass is 10.1. The van der Waals surface area contributed by atoms with E-state index in [4.69, 9.17) is 4.74 Å². The Bertz CT molecular complexity index is 922. The highest BCUT2D eigenvalue weighted by molar-refractivity contribution is 5.40. The summed E-state index contributed by atoms with van der Waals surface area (Å²) in [5.41, 5.74) is 0.604. The Morgan fingerprint density at radius 2 is 2.08 bits per heavy atom. The van der Waals surface area contributed by atoms with Gasteiger partial charge in [-0.1, -0.05) is 0 Å². The van der Waals surface area contributed by atoms with Crippen molar-refractivity contribution in [2.45, 2.75) is 19.0 Å². The van der Waals surface area contributed by atoms with Crippen molar-refractivity contribution in [1.29, 1.82) is 0 Å². The molecular formula is C16H17N7O2. The molecule has 4 heterocycles. The third-order valence-electron chi connectivity index (χ3n) is 4.12. The van der Waals surface area contributed by atoms with E-state index in [1.807, 2.05) is 6.92 Å². The number of aromatic nitrogens is 6. The van der Waals surface area contributed by atoms with Gasteiger partial charge in [0.1, 0.15) is 11.9 Å². The fourth-order valence-electron chi connectivity index (χ4n) is 2.83. The highest BCUT2D eigenvalue weighted by Crippen LogP contribution is 2.22. The van der Waals surface area contributed by atoms with Crippen LogP contribution in [0, 0.1) is 6.92 Å². The number of anilines is 1. The van der Waals surface area contributed by atoms with E-state index in [9.17, 15) is 4.79 Å². The maximum absolute atomic E-state index is 12.4. The predicted molar refractivity (Wildman–Crippen MR) is 89.7 cm³/mol. The fourth-order valence-corrected chi connectivity index (χ4v) is 2.83. The van der Waals surface area contributed by atoms with Crippen LogP contribution in [0.25, 0.3) is 5.82 Å². The molecule has 0 radical (unpaired) electrons. The monoisotopic (exact) mass is 339 g/mol. The van der Waals surface area contributed by atoms with Gasteiger partial charge in [0.15, 0.2) is 5.82 Å². The highest BCUT2D eigenvalue weighted by atomic mass is 16.5. The molecular weight excluding hydrogens is 322 g/mol. The summed E-state index contributed by atoms with van der Waals surface area (Å²) >= 11 is 0. The van der Waals surface area contributed by atoms with Crippen molar-refractivity contribution >= 4 is 5.82 Å². The number of nitrogens with zero attached hydrogens (tertiary/aromatic N) is 6. The number of ether oxygens (including phenoxy) is 1. The van der Waals surface area contributed by atoms with E-state index in [-0.39, 0.29) is 17.6 Å². The van der Waals surface area contributed by atoms with Crippen molar-refractivity contribution in [1.82, 2.24) is 29.5 Å². The molecule has 0 aliphatic carbocycles. The second-order valence-electron chi connectivity index (χ2n) is 5.77. The van der Waals surface area contributed by atoms with Crippen LogP contribution < -0.4 is 10.9 Å². The number of hydrogen-bond acceptors (Lipinski definition) is 7. The molecule has 9 heteroatoms. The zero-order valence-corrected chi connectivity index (χ0v) is 13.6. The standard InChI is InChI=1S/C16H17N7O2/c1-11-16(18-7-6-17-11)20-12-9-25-10-13(12)23-15(24)4-3-14(21-23)22-8-2-5-19-22/h2-8,12-13H,9-10H2,1H3,(H,18,20). The summed E-state index contributed by atoms with van der Waals surface area (Å²) < 4.78 is 8.65. The average molecular weight is 339 g/mol. The van der Waals surface area contributed by atoms with Gasteiger partial charge in [0.05, 0.1) is 24.9 Å². The fraction of sp³-hybridized carbons (Fsp3) is 0.312. The Kier molecular flexibility index (Phi) is 3.98. The molecule has 1 aliphatic heterocycles. The van der Waals surface area contributed by atoms with E-state index in [0.717, 1.165) is 5.69 Å². The van der Waals surface area contributed by atoms with Gasteiger partial charge in [-0.2, -0.15) is 5.10 Å². The lowest BCUT2D eigenvalue weighted by Gasteiger charge is -2.21. The molecule has 1 fully saturated rings. The Morgan fingerprint density at radius 1 is 1.20 bits per heavy atom. The topological polar surface area (TPSA) is 99.8 Å². The minimum absolute atomic E-state index is 0.131. The number of rotatable bonds is 4. The first kappa shape index (κ1) is 15.5. The van der Waals surface area contributed by atoms with Crippen LogP contribution in [-0.2, 0) is 4.74 Å². The number of aryl methyl sites for hydroxylation is 1. The minimum atomic E-state index is -0.246. The number of nitrogens with one attached hydrogen (secondary N) is 1. The first-order valence-corrected chi connectivity index (χ1v) is 7.94. The number of hydrogen-bond donors (Lipinski definition) is 1. The van der Waals surface area contributed by atoms with Crippen molar-refractivity contribution in [2.75, 3.05) is 18.5 Å². The van der Waals surface area contributed by atoms with E-state index >= 15 is 0 Å². The molecule has 9 nitrogen and oxygen atoms in total. The lowest BCUT2D eigenvalue weighted by molar-refractivity contribution is 0.182. The molecule has 25 heavy (non-hydrogen) atoms. The Hall–Kier alpha value is -3.07. The minimum Gasteiger partial charge on any atom is -0.377 e. The molecule has 128 valence electrons. The molecule has 0 spiro atoms. The van der Waals surface area contributed by atoms with Crippen LogP contribution in [-0.4, -0.2) is 48.8 Å². The second-order valence-corrected chi connectivity index (χ2v) is 5.77. The van der Waals surface area contributed by atoms with E-state index in [1.165, 1.54) is 10.7 Å². The summed E-state index contributed by atoms with van der Waals surface area (Å²) in [6, 6.07) is 4.57. The van der Waals surface area contributed by atoms with Crippen molar-refractivity contribution in [3.05, 3.63) is 59.0 Å². The summed E-state index contributed by atoms with van der Waals surface area (Å²) in [5, 5.41) is 11.9. The maximum Gasteiger partial charge on any atom is 0.267 e. The summed E-state index contributed by atoms with van der Waals surface area (Å²) in [6.07, 6.45) is 6.71. The van der Waals surface area contributed by atoms with Gasteiger partial charge in [-0.15, -0.1) is 5.10 Å². The molecule has 0 bridgehead atoms. The lowest BCUT2D eigenvalue weighted by Crippen LogP contribution is -2.38. The quantitative estimate of drug-likeness (QED) is 0.742. The van der Waals surface area contributed by atoms with Crippen LogP contribution in [0.4, 0.5) is 5.82 Å². The zero-order valence-electron chi connectivity index (χ0n) is 13.6. The first-order valence-electron chi connectivity index (χ1n) is 7.94. The van der Waals surface area contributed by atoms with Crippen LogP contribution in [0.1, 0.15) is 11.7 Å². The van der Waals surface area contributed by atoms with E-state index in [2.05, 4.69) is 25.5 Å². The molecule has 2 unspecified atom stereocenters. The summed E-state index contributed by atoms with van der Waals surface area (Å²) in [6.45, 7) is 2.73. The molecule has 4 rings (SSSR count). The van der Waals surface area contributed by atoms with Gasteiger partial charge in [0, 0.05) is 30.9 Å². The highest BCUT2D eigenvalue weighted by Gasteiger charge is 2.32. The summed E-state index contributed by atoms with van der Waals surface area (Å²) in [5.74, 6) is 1.25. The van der Waals surface area contributed by atoms with Gasteiger partial charge in [0.25, 0.3) is 5.56 Å². The summed E-state index contributed by atoms with van der Waals surface area (Å²) in [4.78, 5) is 20.9. The van der Waals surface area contributed by atoms with Crippen LogP contribution in [0.15, 0.2) is 47.8 Å². The first-order chi connectivity index (χ1) is 12.2. The molecule has 0 saturated carbocycles. The average Bonchev–Trinajstić information content (AvgIpc) is 3.29. The second kappa shape index (κ2) is 6.44. The largest absolute Gasteiger partial charge is 0.377 e.